The highest BCUT2D eigenvalue weighted by Gasteiger charge is 2.54. The van der Waals surface area contributed by atoms with Crippen LogP contribution in [0.3, 0.4) is 0 Å². The molecule has 1 N–H and O–H groups in total. The standard InChI is InChI=1S/C33H45N3O5S/c1-31(2,3)36(30(39)40)19-14-26-25(20-27(42-26)23-10-7-6-8-11-23)28(37)34-17-12-24(13-18-34)35-16-9-15-33(22-35)21-32(4,5)41-29(33)38/h6-8,10-11,20,24H,9,12-19,21-22H2,1-5H3,(H,39,40). The molecular formula is C33H45N3O5S. The molecule has 1 spiro atoms. The molecular weight excluding hydrogens is 550 g/mol. The van der Waals surface area contributed by atoms with Crippen molar-refractivity contribution in [1.29, 1.82) is 0 Å². The maximum absolute atomic E-state index is 14.0. The summed E-state index contributed by atoms with van der Waals surface area (Å²) in [5.41, 5.74) is 0.408. The van der Waals surface area contributed by atoms with E-state index < -0.39 is 22.6 Å². The number of likely N-dealkylation sites (tertiary alicyclic amines) is 2. The SMILES string of the molecule is CC1(C)CC2(CCCN(C3CCN(C(=O)c4cc(-c5ccccc5)sc4CCN(C(=O)O)C(C)(C)C)CC3)C2)C(=O)O1. The van der Waals surface area contributed by atoms with Crippen molar-refractivity contribution in [3.8, 4) is 10.4 Å². The Balaban J connectivity index is 1.29. The van der Waals surface area contributed by atoms with E-state index in [0.717, 1.165) is 60.5 Å². The van der Waals surface area contributed by atoms with E-state index in [1.54, 1.807) is 11.3 Å². The molecule has 42 heavy (non-hydrogen) atoms. The van der Waals surface area contributed by atoms with Gasteiger partial charge in [-0.25, -0.2) is 4.79 Å². The van der Waals surface area contributed by atoms with Crippen LogP contribution in [-0.2, 0) is 16.0 Å². The summed E-state index contributed by atoms with van der Waals surface area (Å²) in [6, 6.07) is 12.4. The first-order valence-corrected chi connectivity index (χ1v) is 16.1. The molecule has 0 radical (unpaired) electrons. The molecule has 3 aliphatic heterocycles. The van der Waals surface area contributed by atoms with E-state index in [2.05, 4.69) is 4.90 Å². The molecule has 0 saturated carbocycles. The molecule has 4 heterocycles. The number of esters is 1. The van der Waals surface area contributed by atoms with E-state index in [4.69, 9.17) is 4.74 Å². The second-order valence-electron chi connectivity index (χ2n) is 13.9. The van der Waals surface area contributed by atoms with Crippen LogP contribution in [0.15, 0.2) is 36.4 Å². The maximum atomic E-state index is 14.0. The van der Waals surface area contributed by atoms with Crippen LogP contribution in [0, 0.1) is 5.41 Å². The number of thiophene rings is 1. The average molecular weight is 596 g/mol. The minimum atomic E-state index is -0.953. The second-order valence-corrected chi connectivity index (χ2v) is 15.0. The lowest BCUT2D eigenvalue weighted by Crippen LogP contribution is -2.53. The Morgan fingerprint density at radius 2 is 1.81 bits per heavy atom. The molecule has 0 aliphatic carbocycles. The Morgan fingerprint density at radius 3 is 2.40 bits per heavy atom. The van der Waals surface area contributed by atoms with Crippen molar-refractivity contribution in [1.82, 2.24) is 14.7 Å². The van der Waals surface area contributed by atoms with E-state index in [1.807, 2.05) is 75.9 Å². The first-order chi connectivity index (χ1) is 19.8. The van der Waals surface area contributed by atoms with E-state index in [1.165, 1.54) is 4.90 Å². The predicted molar refractivity (Wildman–Crippen MR) is 165 cm³/mol. The van der Waals surface area contributed by atoms with Gasteiger partial charge in [0.25, 0.3) is 5.91 Å². The largest absolute Gasteiger partial charge is 0.465 e. The minimum absolute atomic E-state index is 0.0238. The number of hydrogen-bond acceptors (Lipinski definition) is 6. The first-order valence-electron chi connectivity index (χ1n) is 15.2. The lowest BCUT2D eigenvalue weighted by molar-refractivity contribution is -0.154. The van der Waals surface area contributed by atoms with Gasteiger partial charge >= 0.3 is 12.1 Å². The summed E-state index contributed by atoms with van der Waals surface area (Å²) in [6.07, 6.45) is 3.94. The van der Waals surface area contributed by atoms with Crippen molar-refractivity contribution in [3.63, 3.8) is 0 Å². The van der Waals surface area contributed by atoms with Crippen molar-refractivity contribution in [2.75, 3.05) is 32.7 Å². The average Bonchev–Trinajstić information content (AvgIpc) is 3.45. The minimum Gasteiger partial charge on any atom is -0.465 e. The zero-order valence-electron chi connectivity index (χ0n) is 25.6. The van der Waals surface area contributed by atoms with Crippen LogP contribution >= 0.6 is 11.3 Å². The molecule has 3 saturated heterocycles. The third kappa shape index (κ3) is 6.37. The number of piperidine rings is 2. The maximum Gasteiger partial charge on any atom is 0.407 e. The van der Waals surface area contributed by atoms with Crippen molar-refractivity contribution in [2.24, 2.45) is 5.41 Å². The summed E-state index contributed by atoms with van der Waals surface area (Å²) in [5, 5.41) is 9.82. The van der Waals surface area contributed by atoms with Gasteiger partial charge in [0.15, 0.2) is 0 Å². The summed E-state index contributed by atoms with van der Waals surface area (Å²) in [7, 11) is 0. The fourth-order valence-corrected chi connectivity index (χ4v) is 8.29. The highest BCUT2D eigenvalue weighted by molar-refractivity contribution is 7.15. The van der Waals surface area contributed by atoms with Gasteiger partial charge in [-0.3, -0.25) is 14.5 Å². The molecule has 1 aromatic carbocycles. The number of rotatable bonds is 6. The van der Waals surface area contributed by atoms with Crippen LogP contribution in [-0.4, -0.2) is 87.7 Å². The van der Waals surface area contributed by atoms with E-state index >= 15 is 0 Å². The monoisotopic (exact) mass is 595 g/mol. The van der Waals surface area contributed by atoms with Crippen LogP contribution in [0.2, 0.25) is 0 Å². The number of carbonyl (C=O) groups is 3. The van der Waals surface area contributed by atoms with Gasteiger partial charge in [-0.05, 0) is 78.5 Å². The predicted octanol–water partition coefficient (Wildman–Crippen LogP) is 6.15. The van der Waals surface area contributed by atoms with Gasteiger partial charge in [-0.1, -0.05) is 30.3 Å². The van der Waals surface area contributed by atoms with Crippen molar-refractivity contribution in [2.45, 2.75) is 90.3 Å². The number of carbonyl (C=O) groups excluding carboxylic acids is 2. The van der Waals surface area contributed by atoms with Gasteiger partial charge in [0.05, 0.1) is 11.0 Å². The molecule has 0 bridgehead atoms. The molecule has 8 nitrogen and oxygen atoms in total. The van der Waals surface area contributed by atoms with Gasteiger partial charge in [-0.15, -0.1) is 11.3 Å². The van der Waals surface area contributed by atoms with Gasteiger partial charge < -0.3 is 19.6 Å². The zero-order valence-corrected chi connectivity index (χ0v) is 26.5. The Morgan fingerprint density at radius 1 is 1.12 bits per heavy atom. The first kappa shape index (κ1) is 30.5. The van der Waals surface area contributed by atoms with E-state index in [0.29, 0.717) is 37.7 Å². The fraction of sp³-hybridized carbons (Fsp3) is 0.606. The van der Waals surface area contributed by atoms with E-state index in [9.17, 15) is 19.5 Å². The summed E-state index contributed by atoms with van der Waals surface area (Å²) in [6.45, 7) is 13.1. The van der Waals surface area contributed by atoms with E-state index in [-0.39, 0.29) is 11.9 Å². The third-order valence-electron chi connectivity index (χ3n) is 9.14. The van der Waals surface area contributed by atoms with Crippen LogP contribution < -0.4 is 0 Å². The Hall–Kier alpha value is -2.91. The number of carboxylic acid groups (broad SMARTS) is 1. The Labute approximate surface area is 253 Å². The summed E-state index contributed by atoms with van der Waals surface area (Å²) in [4.78, 5) is 46.7. The number of cyclic esters (lactones) is 1. The summed E-state index contributed by atoms with van der Waals surface area (Å²) < 4.78 is 5.73. The lowest BCUT2D eigenvalue weighted by atomic mass is 9.74. The molecule has 3 aliphatic rings. The van der Waals surface area contributed by atoms with Crippen molar-refractivity contribution < 1.29 is 24.2 Å². The Bertz CT molecular complexity index is 1310. The topological polar surface area (TPSA) is 90.4 Å². The Kier molecular flexibility index (Phi) is 8.47. The van der Waals surface area contributed by atoms with Crippen molar-refractivity contribution >= 4 is 29.3 Å². The van der Waals surface area contributed by atoms with Gasteiger partial charge in [-0.2, -0.15) is 0 Å². The molecule has 1 aromatic heterocycles. The lowest BCUT2D eigenvalue weighted by Gasteiger charge is -2.44. The number of benzene rings is 1. The zero-order chi connectivity index (χ0) is 30.3. The van der Waals surface area contributed by atoms with Crippen LogP contribution in [0.5, 0.6) is 0 Å². The summed E-state index contributed by atoms with van der Waals surface area (Å²) in [5.74, 6) is -0.0207. The number of nitrogens with zero attached hydrogens (tertiary/aromatic N) is 3. The highest BCUT2D eigenvalue weighted by Crippen LogP contribution is 2.47. The number of ether oxygens (including phenoxy) is 1. The van der Waals surface area contributed by atoms with Gasteiger partial charge in [0.2, 0.25) is 0 Å². The fourth-order valence-electron chi connectivity index (χ4n) is 7.15. The molecule has 1 atom stereocenters. The molecule has 9 heteroatoms. The summed E-state index contributed by atoms with van der Waals surface area (Å²) >= 11 is 1.58. The number of amides is 2. The van der Waals surface area contributed by atoms with Crippen LogP contribution in [0.4, 0.5) is 4.79 Å². The number of hydrogen-bond donors (Lipinski definition) is 1. The molecule has 3 fully saturated rings. The van der Waals surface area contributed by atoms with Crippen LogP contribution in [0.25, 0.3) is 10.4 Å². The molecule has 5 rings (SSSR count). The molecule has 228 valence electrons. The normalized spacial score (nSPS) is 23.3. The quantitative estimate of drug-likeness (QED) is 0.403. The molecule has 1 unspecified atom stereocenters. The highest BCUT2D eigenvalue weighted by atomic mass is 32.1. The van der Waals surface area contributed by atoms with Gasteiger partial charge in [0.1, 0.15) is 5.60 Å². The van der Waals surface area contributed by atoms with Crippen molar-refractivity contribution in [3.05, 3.63) is 46.8 Å². The third-order valence-corrected chi connectivity index (χ3v) is 10.4. The van der Waals surface area contributed by atoms with Crippen LogP contribution in [0.1, 0.15) is 82.0 Å². The van der Waals surface area contributed by atoms with Gasteiger partial charge in [0, 0.05) is 60.4 Å². The molecule has 2 aromatic rings. The molecule has 2 amide bonds. The second kappa shape index (κ2) is 11.6. The smallest absolute Gasteiger partial charge is 0.407 e.